The molecule has 2 aliphatic rings. The van der Waals surface area contributed by atoms with Crippen molar-refractivity contribution < 1.29 is 32.6 Å². The summed E-state index contributed by atoms with van der Waals surface area (Å²) in [5, 5.41) is 11.4. The summed E-state index contributed by atoms with van der Waals surface area (Å²) in [6.07, 6.45) is 6.50. The lowest BCUT2D eigenvalue weighted by molar-refractivity contribution is -0.274. The van der Waals surface area contributed by atoms with Crippen molar-refractivity contribution in [2.24, 2.45) is 11.8 Å². The third kappa shape index (κ3) is 9.25. The minimum Gasteiger partial charge on any atom is -0.481 e. The number of ether oxygens (including phenoxy) is 1. The Balaban J connectivity index is 1.42. The summed E-state index contributed by atoms with van der Waals surface area (Å²) in [6, 6.07) is 13.8. The van der Waals surface area contributed by atoms with Gasteiger partial charge >= 0.3 is 12.3 Å². The number of carbonyl (C=O) groups excluding carboxylic acids is 1. The van der Waals surface area contributed by atoms with Gasteiger partial charge in [-0.05, 0) is 72.9 Å². The van der Waals surface area contributed by atoms with E-state index >= 15 is 0 Å². The van der Waals surface area contributed by atoms with E-state index in [2.05, 4.69) is 15.0 Å². The molecule has 0 bridgehead atoms. The van der Waals surface area contributed by atoms with E-state index in [0.29, 0.717) is 24.7 Å². The van der Waals surface area contributed by atoms with Crippen LogP contribution in [0.15, 0.2) is 48.5 Å². The molecule has 0 spiro atoms. The SMILES string of the molecule is O=C(O)CCNC(=O)c1ccc(CN(Cc2ccc(OC(F)(F)F)cc2)C2CCC(C3CCCCC3)CC2)cc1. The number of carbonyl (C=O) groups is 2. The van der Waals surface area contributed by atoms with Gasteiger partial charge in [-0.3, -0.25) is 14.5 Å². The van der Waals surface area contributed by atoms with Crippen LogP contribution in [0, 0.1) is 11.8 Å². The molecular weight excluding hydrogens is 521 g/mol. The topological polar surface area (TPSA) is 78.9 Å². The summed E-state index contributed by atoms with van der Waals surface area (Å²) in [7, 11) is 0. The van der Waals surface area contributed by atoms with Crippen LogP contribution >= 0.6 is 0 Å². The third-order valence-corrected chi connectivity index (χ3v) is 8.34. The second kappa shape index (κ2) is 14.0. The molecule has 0 atom stereocenters. The largest absolute Gasteiger partial charge is 0.573 e. The number of carboxylic acids is 1. The van der Waals surface area contributed by atoms with E-state index in [1.54, 1.807) is 24.3 Å². The molecule has 0 aromatic heterocycles. The Kier molecular flexibility index (Phi) is 10.5. The first-order valence-corrected chi connectivity index (χ1v) is 14.3. The fraction of sp³-hybridized carbons (Fsp3) is 0.548. The number of nitrogens with one attached hydrogen (secondary N) is 1. The van der Waals surface area contributed by atoms with Gasteiger partial charge < -0.3 is 15.2 Å². The van der Waals surface area contributed by atoms with Gasteiger partial charge in [-0.2, -0.15) is 0 Å². The zero-order valence-corrected chi connectivity index (χ0v) is 22.8. The van der Waals surface area contributed by atoms with Gasteiger partial charge in [0.25, 0.3) is 5.91 Å². The highest BCUT2D eigenvalue weighted by Crippen LogP contribution is 2.40. The second-order valence-electron chi connectivity index (χ2n) is 11.2. The molecule has 6 nitrogen and oxygen atoms in total. The van der Waals surface area contributed by atoms with Crippen LogP contribution in [0.25, 0.3) is 0 Å². The van der Waals surface area contributed by atoms with Crippen LogP contribution in [-0.4, -0.2) is 40.8 Å². The molecule has 1 amide bonds. The molecule has 0 unspecified atom stereocenters. The Labute approximate surface area is 233 Å². The number of halogens is 3. The third-order valence-electron chi connectivity index (χ3n) is 8.34. The normalized spacial score (nSPS) is 20.3. The maximum Gasteiger partial charge on any atom is 0.573 e. The van der Waals surface area contributed by atoms with E-state index in [-0.39, 0.29) is 24.6 Å². The molecule has 0 heterocycles. The molecule has 0 radical (unpaired) electrons. The maximum absolute atomic E-state index is 12.6. The van der Waals surface area contributed by atoms with Gasteiger partial charge in [0.1, 0.15) is 5.75 Å². The molecule has 2 aromatic rings. The molecule has 40 heavy (non-hydrogen) atoms. The Bertz CT molecular complexity index is 1090. The zero-order valence-electron chi connectivity index (χ0n) is 22.8. The van der Waals surface area contributed by atoms with E-state index < -0.39 is 12.3 Å². The van der Waals surface area contributed by atoms with Gasteiger partial charge in [0, 0.05) is 31.2 Å². The van der Waals surface area contributed by atoms with Gasteiger partial charge in [-0.15, -0.1) is 13.2 Å². The average molecular weight is 561 g/mol. The molecular formula is C31H39F3N2O4. The van der Waals surface area contributed by atoms with E-state index in [9.17, 15) is 22.8 Å². The van der Waals surface area contributed by atoms with Crippen LogP contribution in [-0.2, 0) is 17.9 Å². The van der Waals surface area contributed by atoms with Crippen LogP contribution < -0.4 is 10.1 Å². The molecule has 2 fully saturated rings. The Morgan fingerprint density at radius 2 is 1.38 bits per heavy atom. The number of aliphatic carboxylic acids is 1. The number of nitrogens with zero attached hydrogens (tertiary/aromatic N) is 1. The Morgan fingerprint density at radius 3 is 1.93 bits per heavy atom. The van der Waals surface area contributed by atoms with Crippen molar-refractivity contribution in [1.82, 2.24) is 10.2 Å². The number of alkyl halides is 3. The van der Waals surface area contributed by atoms with Crippen LogP contribution in [0.2, 0.25) is 0 Å². The van der Waals surface area contributed by atoms with Crippen LogP contribution in [0.5, 0.6) is 5.75 Å². The van der Waals surface area contributed by atoms with Gasteiger partial charge in [0.05, 0.1) is 6.42 Å². The summed E-state index contributed by atoms with van der Waals surface area (Å²) < 4.78 is 41.8. The Hall–Kier alpha value is -3.07. The first kappa shape index (κ1) is 29.9. The van der Waals surface area contributed by atoms with Crippen molar-refractivity contribution in [2.45, 2.75) is 89.7 Å². The molecule has 0 aliphatic heterocycles. The van der Waals surface area contributed by atoms with Crippen LogP contribution in [0.3, 0.4) is 0 Å². The molecule has 9 heteroatoms. The van der Waals surface area contributed by atoms with Crippen molar-refractivity contribution in [2.75, 3.05) is 6.54 Å². The summed E-state index contributed by atoms with van der Waals surface area (Å²) in [6.45, 7) is 1.32. The second-order valence-corrected chi connectivity index (χ2v) is 11.2. The fourth-order valence-electron chi connectivity index (χ4n) is 6.27. The molecule has 4 rings (SSSR count). The van der Waals surface area contributed by atoms with Gasteiger partial charge in [-0.1, -0.05) is 56.4 Å². The minimum atomic E-state index is -4.72. The molecule has 2 aromatic carbocycles. The van der Waals surface area contributed by atoms with Crippen molar-refractivity contribution in [3.63, 3.8) is 0 Å². The maximum atomic E-state index is 12.6. The van der Waals surface area contributed by atoms with Crippen molar-refractivity contribution in [1.29, 1.82) is 0 Å². The van der Waals surface area contributed by atoms with E-state index in [0.717, 1.165) is 35.8 Å². The Morgan fingerprint density at radius 1 is 0.825 bits per heavy atom. The summed E-state index contributed by atoms with van der Waals surface area (Å²) >= 11 is 0. The molecule has 2 N–H and O–H groups in total. The van der Waals surface area contributed by atoms with E-state index in [4.69, 9.17) is 5.11 Å². The first-order chi connectivity index (χ1) is 19.2. The van der Waals surface area contributed by atoms with Crippen molar-refractivity contribution >= 4 is 11.9 Å². The van der Waals surface area contributed by atoms with Gasteiger partial charge in [0.15, 0.2) is 0 Å². The minimum absolute atomic E-state index is 0.0695. The van der Waals surface area contributed by atoms with Crippen LogP contribution in [0.1, 0.15) is 85.7 Å². The average Bonchev–Trinajstić information content (AvgIpc) is 2.93. The molecule has 2 aliphatic carbocycles. The zero-order chi connectivity index (χ0) is 28.5. The van der Waals surface area contributed by atoms with Crippen LogP contribution in [0.4, 0.5) is 13.2 Å². The summed E-state index contributed by atoms with van der Waals surface area (Å²) in [4.78, 5) is 25.4. The number of hydrogen-bond acceptors (Lipinski definition) is 4. The number of rotatable bonds is 11. The van der Waals surface area contributed by atoms with E-state index in [1.807, 2.05) is 12.1 Å². The quantitative estimate of drug-likeness (QED) is 0.312. The lowest BCUT2D eigenvalue weighted by Crippen LogP contribution is -2.38. The predicted molar refractivity (Wildman–Crippen MR) is 146 cm³/mol. The van der Waals surface area contributed by atoms with Crippen molar-refractivity contribution in [3.8, 4) is 5.75 Å². The highest BCUT2D eigenvalue weighted by molar-refractivity contribution is 5.94. The van der Waals surface area contributed by atoms with Gasteiger partial charge in [0.2, 0.25) is 0 Å². The monoisotopic (exact) mass is 560 g/mol. The number of amides is 1. The van der Waals surface area contributed by atoms with E-state index in [1.165, 1.54) is 57.1 Å². The molecule has 218 valence electrons. The lowest BCUT2D eigenvalue weighted by atomic mass is 9.72. The standard InChI is InChI=1S/C31H39F3N2O4/c32-31(33,34)40-28-16-8-23(9-17-28)21-36(27-14-12-25(13-15-27)24-4-2-1-3-5-24)20-22-6-10-26(11-7-22)30(39)35-19-18-29(37)38/h6-11,16-17,24-25,27H,1-5,12-15,18-21H2,(H,35,39)(H,37,38). The molecule has 0 saturated heterocycles. The number of carboxylic acid groups (broad SMARTS) is 1. The fourth-order valence-corrected chi connectivity index (χ4v) is 6.27. The number of hydrogen-bond donors (Lipinski definition) is 2. The van der Waals surface area contributed by atoms with Gasteiger partial charge in [-0.25, -0.2) is 0 Å². The highest BCUT2D eigenvalue weighted by atomic mass is 19.4. The first-order valence-electron chi connectivity index (χ1n) is 14.3. The summed E-state index contributed by atoms with van der Waals surface area (Å²) in [5.74, 6) is 0.125. The number of benzene rings is 2. The smallest absolute Gasteiger partial charge is 0.481 e. The highest BCUT2D eigenvalue weighted by Gasteiger charge is 2.32. The molecule has 2 saturated carbocycles. The van der Waals surface area contributed by atoms with Crippen molar-refractivity contribution in [3.05, 3.63) is 65.2 Å². The predicted octanol–water partition coefficient (Wildman–Crippen LogP) is 6.93. The summed E-state index contributed by atoms with van der Waals surface area (Å²) in [5.41, 5.74) is 2.42. The lowest BCUT2D eigenvalue weighted by Gasteiger charge is -2.40.